The highest BCUT2D eigenvalue weighted by Gasteiger charge is 2.47. The molecule has 0 aromatic heterocycles. The van der Waals surface area contributed by atoms with Gasteiger partial charge < -0.3 is 45.5 Å². The molecule has 0 aromatic carbocycles. The molecule has 172 valence electrons. The molecule has 9 nitrogen and oxygen atoms in total. The number of aliphatic hydroxyl groups excluding tert-OH is 5. The Bertz CT molecular complexity index is 481. The van der Waals surface area contributed by atoms with E-state index >= 15 is 0 Å². The summed E-state index contributed by atoms with van der Waals surface area (Å²) >= 11 is 1.81. The van der Waals surface area contributed by atoms with Crippen LogP contribution in [0.4, 0.5) is 0 Å². The molecule has 2 rings (SSSR count). The summed E-state index contributed by atoms with van der Waals surface area (Å²) in [7, 11) is 0. The molecule has 29 heavy (non-hydrogen) atoms. The highest BCUT2D eigenvalue weighted by atomic mass is 32.2. The highest BCUT2D eigenvalue weighted by Crippen LogP contribution is 2.40. The monoisotopic (exact) mass is 439 g/mol. The SMILES string of the molecule is CCC(CC)(CC1OCC(O)CC1OC1OC(CO)C(O)C(O)C1O)SCCN. The Morgan fingerprint density at radius 2 is 1.76 bits per heavy atom. The summed E-state index contributed by atoms with van der Waals surface area (Å²) in [6.07, 6.45) is -5.54. The quantitative estimate of drug-likeness (QED) is 0.249. The molecule has 8 atom stereocenters. The standard InChI is InChI=1S/C19H37NO8S/c1-3-19(4-2,29-6-5-20)8-13-12(7-11(22)10-26-13)27-18-17(25)16(24)15(23)14(9-21)28-18/h11-18,21-25H,3-10,20H2,1-2H3. The third-order valence-corrected chi connectivity index (χ3v) is 7.76. The third kappa shape index (κ3) is 6.25. The summed E-state index contributed by atoms with van der Waals surface area (Å²) in [6.45, 7) is 4.50. The van der Waals surface area contributed by atoms with Crippen LogP contribution in [0, 0.1) is 0 Å². The van der Waals surface area contributed by atoms with Crippen LogP contribution in [0.2, 0.25) is 0 Å². The predicted molar refractivity (Wildman–Crippen MR) is 108 cm³/mol. The minimum Gasteiger partial charge on any atom is -0.394 e. The van der Waals surface area contributed by atoms with Gasteiger partial charge in [-0.3, -0.25) is 0 Å². The lowest BCUT2D eigenvalue weighted by molar-refractivity contribution is -0.324. The molecule has 7 N–H and O–H groups in total. The van der Waals surface area contributed by atoms with E-state index < -0.39 is 49.5 Å². The number of aliphatic hydroxyl groups is 5. The van der Waals surface area contributed by atoms with Gasteiger partial charge in [-0.1, -0.05) is 13.8 Å². The number of ether oxygens (including phenoxy) is 3. The van der Waals surface area contributed by atoms with Gasteiger partial charge in [0.15, 0.2) is 6.29 Å². The van der Waals surface area contributed by atoms with Crippen LogP contribution in [-0.4, -0.2) is 105 Å². The van der Waals surface area contributed by atoms with Gasteiger partial charge in [0, 0.05) is 23.5 Å². The second kappa shape index (κ2) is 11.6. The Balaban J connectivity index is 2.12. The minimum absolute atomic E-state index is 0.0523. The van der Waals surface area contributed by atoms with E-state index in [1.54, 1.807) is 11.8 Å². The van der Waals surface area contributed by atoms with Crippen LogP contribution in [0.25, 0.3) is 0 Å². The maximum Gasteiger partial charge on any atom is 0.187 e. The first-order valence-corrected chi connectivity index (χ1v) is 11.4. The molecule has 0 spiro atoms. The number of hydrogen-bond donors (Lipinski definition) is 6. The van der Waals surface area contributed by atoms with Crippen molar-refractivity contribution in [2.75, 3.05) is 25.5 Å². The van der Waals surface area contributed by atoms with Gasteiger partial charge in [-0.05, 0) is 19.3 Å². The molecule has 0 amide bonds. The first kappa shape index (κ1) is 25.3. The zero-order chi connectivity index (χ0) is 21.6. The Labute approximate surface area is 176 Å². The summed E-state index contributed by atoms with van der Waals surface area (Å²) in [4.78, 5) is 0. The van der Waals surface area contributed by atoms with E-state index in [-0.39, 0.29) is 17.5 Å². The molecule has 2 saturated heterocycles. The van der Waals surface area contributed by atoms with Crippen LogP contribution >= 0.6 is 11.8 Å². The highest BCUT2D eigenvalue weighted by molar-refractivity contribution is 8.00. The van der Waals surface area contributed by atoms with E-state index in [9.17, 15) is 25.5 Å². The van der Waals surface area contributed by atoms with E-state index in [1.165, 1.54) is 0 Å². The van der Waals surface area contributed by atoms with Crippen LogP contribution in [0.15, 0.2) is 0 Å². The maximum atomic E-state index is 10.3. The topological polar surface area (TPSA) is 155 Å². The molecule has 8 unspecified atom stereocenters. The van der Waals surface area contributed by atoms with Gasteiger partial charge >= 0.3 is 0 Å². The summed E-state index contributed by atoms with van der Waals surface area (Å²) in [5.41, 5.74) is 5.69. The van der Waals surface area contributed by atoms with Crippen LogP contribution < -0.4 is 5.73 Å². The van der Waals surface area contributed by atoms with Crippen molar-refractivity contribution in [3.05, 3.63) is 0 Å². The molecule has 0 aromatic rings. The lowest BCUT2D eigenvalue weighted by Crippen LogP contribution is -2.60. The second-order valence-electron chi connectivity index (χ2n) is 7.86. The van der Waals surface area contributed by atoms with Gasteiger partial charge in [0.25, 0.3) is 0 Å². The number of thioether (sulfide) groups is 1. The average Bonchev–Trinajstić information content (AvgIpc) is 2.73. The van der Waals surface area contributed by atoms with Crippen molar-refractivity contribution in [2.24, 2.45) is 5.73 Å². The second-order valence-corrected chi connectivity index (χ2v) is 9.43. The molecule has 2 aliphatic rings. The first-order chi connectivity index (χ1) is 13.8. The van der Waals surface area contributed by atoms with Crippen molar-refractivity contribution in [3.63, 3.8) is 0 Å². The fourth-order valence-electron chi connectivity index (χ4n) is 3.96. The van der Waals surface area contributed by atoms with E-state index in [0.717, 1.165) is 18.6 Å². The van der Waals surface area contributed by atoms with Gasteiger partial charge in [-0.2, -0.15) is 11.8 Å². The van der Waals surface area contributed by atoms with Crippen molar-refractivity contribution >= 4 is 11.8 Å². The molecule has 0 aliphatic carbocycles. The van der Waals surface area contributed by atoms with Crippen LogP contribution in [-0.2, 0) is 14.2 Å². The zero-order valence-electron chi connectivity index (χ0n) is 17.2. The van der Waals surface area contributed by atoms with Crippen LogP contribution in [0.1, 0.15) is 39.5 Å². The summed E-state index contributed by atoms with van der Waals surface area (Å²) in [5.74, 6) is 0.829. The van der Waals surface area contributed by atoms with E-state index in [2.05, 4.69) is 13.8 Å². The molecular weight excluding hydrogens is 402 g/mol. The van der Waals surface area contributed by atoms with Crippen LogP contribution in [0.5, 0.6) is 0 Å². The molecule has 0 radical (unpaired) electrons. The number of nitrogens with two attached hydrogens (primary N) is 1. The summed E-state index contributed by atoms with van der Waals surface area (Å²) < 4.78 is 17.3. The smallest absolute Gasteiger partial charge is 0.187 e. The molecule has 10 heteroatoms. The van der Waals surface area contributed by atoms with Crippen molar-refractivity contribution in [2.45, 2.75) is 93.3 Å². The molecule has 2 heterocycles. The number of hydrogen-bond acceptors (Lipinski definition) is 10. The van der Waals surface area contributed by atoms with Crippen molar-refractivity contribution in [3.8, 4) is 0 Å². The molecular formula is C19H37NO8S. The van der Waals surface area contributed by atoms with Crippen molar-refractivity contribution < 1.29 is 39.7 Å². The molecule has 2 fully saturated rings. The van der Waals surface area contributed by atoms with E-state index in [4.69, 9.17) is 19.9 Å². The van der Waals surface area contributed by atoms with Gasteiger partial charge in [-0.15, -0.1) is 0 Å². The number of rotatable bonds is 10. The average molecular weight is 440 g/mol. The normalized spacial score (nSPS) is 38.9. The Morgan fingerprint density at radius 1 is 1.07 bits per heavy atom. The Morgan fingerprint density at radius 3 is 2.34 bits per heavy atom. The zero-order valence-corrected chi connectivity index (χ0v) is 18.0. The summed E-state index contributed by atoms with van der Waals surface area (Å²) in [6, 6.07) is 0. The molecule has 2 aliphatic heterocycles. The Hall–Kier alpha value is -0.0100. The fraction of sp³-hybridized carbons (Fsp3) is 1.00. The summed E-state index contributed by atoms with van der Waals surface area (Å²) in [5, 5.41) is 49.7. The van der Waals surface area contributed by atoms with Gasteiger partial charge in [0.05, 0.1) is 31.5 Å². The predicted octanol–water partition coefficient (Wildman–Crippen LogP) is -1.04. The van der Waals surface area contributed by atoms with Gasteiger partial charge in [0.2, 0.25) is 0 Å². The largest absolute Gasteiger partial charge is 0.394 e. The minimum atomic E-state index is -1.51. The lowest BCUT2D eigenvalue weighted by Gasteiger charge is -2.45. The molecule has 0 saturated carbocycles. The van der Waals surface area contributed by atoms with Crippen LogP contribution in [0.3, 0.4) is 0 Å². The third-order valence-electron chi connectivity index (χ3n) is 5.97. The fourth-order valence-corrected chi connectivity index (χ4v) is 5.20. The maximum absolute atomic E-state index is 10.3. The van der Waals surface area contributed by atoms with Gasteiger partial charge in [0.1, 0.15) is 24.4 Å². The van der Waals surface area contributed by atoms with Crippen molar-refractivity contribution in [1.82, 2.24) is 0 Å². The molecule has 0 bridgehead atoms. The lowest BCUT2D eigenvalue weighted by atomic mass is 9.89. The van der Waals surface area contributed by atoms with E-state index in [1.807, 2.05) is 0 Å². The van der Waals surface area contributed by atoms with Gasteiger partial charge in [-0.25, -0.2) is 0 Å². The van der Waals surface area contributed by atoms with Crippen molar-refractivity contribution in [1.29, 1.82) is 0 Å². The van der Waals surface area contributed by atoms with E-state index in [0.29, 0.717) is 19.4 Å². The first-order valence-electron chi connectivity index (χ1n) is 10.4. The Kier molecular flexibility index (Phi) is 10.1.